The Bertz CT molecular complexity index is 376. The molecule has 2 N–H and O–H groups in total. The number of aliphatic carboxylic acids is 1. The molecule has 0 bridgehead atoms. The van der Waals surface area contributed by atoms with E-state index in [0.717, 1.165) is 0 Å². The third kappa shape index (κ3) is 5.41. The van der Waals surface area contributed by atoms with Crippen molar-refractivity contribution in [3.63, 3.8) is 0 Å². The van der Waals surface area contributed by atoms with Crippen molar-refractivity contribution in [1.29, 1.82) is 0 Å². The normalized spacial score (nSPS) is 22.1. The van der Waals surface area contributed by atoms with Gasteiger partial charge in [-0.1, -0.05) is 0 Å². The maximum atomic E-state index is 12.0. The van der Waals surface area contributed by atoms with Gasteiger partial charge in [-0.2, -0.15) is 13.2 Å². The van der Waals surface area contributed by atoms with Gasteiger partial charge in [-0.05, 0) is 13.3 Å². The van der Waals surface area contributed by atoms with Crippen molar-refractivity contribution in [3.8, 4) is 0 Å². The van der Waals surface area contributed by atoms with Gasteiger partial charge in [-0.3, -0.25) is 4.79 Å². The molecule has 1 rings (SSSR count). The lowest BCUT2D eigenvalue weighted by atomic mass is 10.0. The van der Waals surface area contributed by atoms with Crippen LogP contribution in [0.2, 0.25) is 0 Å². The van der Waals surface area contributed by atoms with Crippen molar-refractivity contribution in [2.75, 3.05) is 26.3 Å². The van der Waals surface area contributed by atoms with Crippen molar-refractivity contribution in [1.82, 2.24) is 10.2 Å². The number of likely N-dealkylation sites (N-methyl/N-ethyl adjacent to an activating group) is 1. The van der Waals surface area contributed by atoms with Crippen LogP contribution in [-0.4, -0.2) is 60.5 Å². The molecule has 0 spiro atoms. The van der Waals surface area contributed by atoms with E-state index in [9.17, 15) is 22.8 Å². The Morgan fingerprint density at radius 2 is 2.05 bits per heavy atom. The van der Waals surface area contributed by atoms with Crippen molar-refractivity contribution < 1.29 is 32.6 Å². The highest BCUT2D eigenvalue weighted by atomic mass is 19.4. The highest BCUT2D eigenvalue weighted by molar-refractivity contribution is 5.77. The first kappa shape index (κ1) is 17.5. The summed E-state index contributed by atoms with van der Waals surface area (Å²) in [7, 11) is 0. The monoisotopic (exact) mass is 312 g/mol. The molecule has 0 aromatic carbocycles. The van der Waals surface area contributed by atoms with Gasteiger partial charge in [0.05, 0.1) is 19.3 Å². The van der Waals surface area contributed by atoms with Crippen LogP contribution in [0, 0.1) is 5.92 Å². The maximum Gasteiger partial charge on any atom is 0.389 e. The molecule has 2 amide bonds. The Hall–Kier alpha value is -1.51. The predicted octanol–water partition coefficient (Wildman–Crippen LogP) is 1.46. The first-order valence-electron chi connectivity index (χ1n) is 6.68. The zero-order valence-electron chi connectivity index (χ0n) is 11.7. The largest absolute Gasteiger partial charge is 0.481 e. The summed E-state index contributed by atoms with van der Waals surface area (Å²) in [5, 5.41) is 11.4. The van der Waals surface area contributed by atoms with Gasteiger partial charge in [-0.15, -0.1) is 0 Å². The molecule has 6 nitrogen and oxygen atoms in total. The van der Waals surface area contributed by atoms with E-state index in [2.05, 4.69) is 5.32 Å². The highest BCUT2D eigenvalue weighted by Crippen LogP contribution is 2.21. The molecule has 0 radical (unpaired) electrons. The van der Waals surface area contributed by atoms with Gasteiger partial charge < -0.3 is 20.1 Å². The molecule has 0 aromatic heterocycles. The number of hydrogen-bond acceptors (Lipinski definition) is 3. The second kappa shape index (κ2) is 7.48. The number of carboxylic acids is 1. The van der Waals surface area contributed by atoms with Crippen LogP contribution in [0.1, 0.15) is 19.8 Å². The summed E-state index contributed by atoms with van der Waals surface area (Å²) in [6, 6.07) is -1.17. The fraction of sp³-hybridized carbons (Fsp3) is 0.833. The summed E-state index contributed by atoms with van der Waals surface area (Å²) in [6.45, 7) is 1.95. The van der Waals surface area contributed by atoms with Gasteiger partial charge in [-0.25, -0.2) is 4.79 Å². The van der Waals surface area contributed by atoms with Crippen molar-refractivity contribution in [2.24, 2.45) is 5.92 Å². The lowest BCUT2D eigenvalue weighted by Gasteiger charge is -2.29. The highest BCUT2D eigenvalue weighted by Gasteiger charge is 2.39. The molecule has 0 saturated carbocycles. The molecule has 1 fully saturated rings. The quantitative estimate of drug-likeness (QED) is 0.728. The van der Waals surface area contributed by atoms with Gasteiger partial charge >= 0.3 is 18.2 Å². The Balaban J connectivity index is 2.48. The smallest absolute Gasteiger partial charge is 0.389 e. The maximum absolute atomic E-state index is 12.0. The third-order valence-corrected chi connectivity index (χ3v) is 3.28. The Kier molecular flexibility index (Phi) is 6.25. The number of urea groups is 1. The minimum atomic E-state index is -4.25. The molecule has 1 aliphatic heterocycles. The van der Waals surface area contributed by atoms with E-state index in [4.69, 9.17) is 9.84 Å². The van der Waals surface area contributed by atoms with Crippen LogP contribution in [-0.2, 0) is 9.53 Å². The first-order chi connectivity index (χ1) is 9.76. The Labute approximate surface area is 120 Å². The number of alkyl halides is 3. The van der Waals surface area contributed by atoms with Crippen LogP contribution in [0.5, 0.6) is 0 Å². The molecule has 9 heteroatoms. The number of amides is 2. The molecule has 122 valence electrons. The van der Waals surface area contributed by atoms with Crippen molar-refractivity contribution in [2.45, 2.75) is 32.0 Å². The molecular weight excluding hydrogens is 293 g/mol. The van der Waals surface area contributed by atoms with Crippen molar-refractivity contribution >= 4 is 12.0 Å². The average molecular weight is 312 g/mol. The number of hydrogen-bond donors (Lipinski definition) is 2. The van der Waals surface area contributed by atoms with Crippen LogP contribution in [0.25, 0.3) is 0 Å². The fourth-order valence-electron chi connectivity index (χ4n) is 2.20. The SMILES string of the molecule is CCN(C(=O)NCCCC(F)(F)F)C1COCC1C(=O)O. The van der Waals surface area contributed by atoms with Gasteiger partial charge in [0.25, 0.3) is 0 Å². The second-order valence-electron chi connectivity index (χ2n) is 4.79. The lowest BCUT2D eigenvalue weighted by molar-refractivity contribution is -0.143. The van der Waals surface area contributed by atoms with E-state index < -0.39 is 36.6 Å². The summed E-state index contributed by atoms with van der Waals surface area (Å²) >= 11 is 0. The number of carbonyl (C=O) groups excluding carboxylic acids is 1. The second-order valence-corrected chi connectivity index (χ2v) is 4.79. The zero-order valence-corrected chi connectivity index (χ0v) is 11.7. The summed E-state index contributed by atoms with van der Waals surface area (Å²) < 4.78 is 41.0. The lowest BCUT2D eigenvalue weighted by Crippen LogP contribution is -2.50. The number of carboxylic acid groups (broad SMARTS) is 1. The predicted molar refractivity (Wildman–Crippen MR) is 66.8 cm³/mol. The zero-order chi connectivity index (χ0) is 16.0. The summed E-state index contributed by atoms with van der Waals surface area (Å²) in [5.41, 5.74) is 0. The number of carbonyl (C=O) groups is 2. The topological polar surface area (TPSA) is 78.9 Å². The van der Waals surface area contributed by atoms with Crippen LogP contribution >= 0.6 is 0 Å². The molecule has 1 saturated heterocycles. The van der Waals surface area contributed by atoms with Gasteiger partial charge in [0.2, 0.25) is 0 Å². The van der Waals surface area contributed by atoms with Gasteiger partial charge in [0.1, 0.15) is 5.92 Å². The van der Waals surface area contributed by atoms with Crippen LogP contribution in [0.15, 0.2) is 0 Å². The number of nitrogens with zero attached hydrogens (tertiary/aromatic N) is 1. The molecule has 0 aromatic rings. The summed E-state index contributed by atoms with van der Waals surface area (Å²) in [6.07, 6.45) is -5.43. The Morgan fingerprint density at radius 3 is 2.57 bits per heavy atom. The van der Waals surface area contributed by atoms with Gasteiger partial charge in [0, 0.05) is 19.5 Å². The minimum Gasteiger partial charge on any atom is -0.481 e. The van der Waals surface area contributed by atoms with Crippen LogP contribution in [0.3, 0.4) is 0 Å². The Morgan fingerprint density at radius 1 is 1.38 bits per heavy atom. The van der Waals surface area contributed by atoms with E-state index in [1.807, 2.05) is 0 Å². The molecule has 1 aliphatic rings. The van der Waals surface area contributed by atoms with E-state index >= 15 is 0 Å². The molecule has 21 heavy (non-hydrogen) atoms. The minimum absolute atomic E-state index is 0.0256. The standard InChI is InChI=1S/C12H19F3N2O4/c1-2-17(9-7-21-6-8(9)10(18)19)11(20)16-5-3-4-12(13,14)15/h8-9H,2-7H2,1H3,(H,16,20)(H,18,19). The number of ether oxygens (including phenoxy) is 1. The van der Waals surface area contributed by atoms with E-state index in [1.54, 1.807) is 6.92 Å². The first-order valence-corrected chi connectivity index (χ1v) is 6.68. The van der Waals surface area contributed by atoms with E-state index in [0.29, 0.717) is 0 Å². The fourth-order valence-corrected chi connectivity index (χ4v) is 2.20. The van der Waals surface area contributed by atoms with E-state index in [-0.39, 0.29) is 32.7 Å². The van der Waals surface area contributed by atoms with Gasteiger partial charge in [0.15, 0.2) is 0 Å². The number of nitrogens with one attached hydrogen (secondary N) is 1. The number of halogens is 3. The van der Waals surface area contributed by atoms with Crippen LogP contribution < -0.4 is 5.32 Å². The van der Waals surface area contributed by atoms with Crippen LogP contribution in [0.4, 0.5) is 18.0 Å². The third-order valence-electron chi connectivity index (χ3n) is 3.28. The summed E-state index contributed by atoms with van der Waals surface area (Å²) in [4.78, 5) is 24.3. The van der Waals surface area contributed by atoms with Crippen molar-refractivity contribution in [3.05, 3.63) is 0 Å². The average Bonchev–Trinajstić information content (AvgIpc) is 2.84. The van der Waals surface area contributed by atoms with E-state index in [1.165, 1.54) is 4.90 Å². The molecular formula is C12H19F3N2O4. The molecule has 0 aliphatic carbocycles. The number of rotatable bonds is 6. The molecule has 2 atom stereocenters. The molecule has 1 heterocycles. The molecule has 2 unspecified atom stereocenters. The summed E-state index contributed by atoms with van der Waals surface area (Å²) in [5.74, 6) is -1.87.